The van der Waals surface area contributed by atoms with Crippen LogP contribution in [0.25, 0.3) is 10.5 Å². The molecule has 0 saturated heterocycles. The Bertz CT molecular complexity index is 468. The SMILES string of the molecule is Cc1[pH]c2ccccc2c1C(F)(F)F. The van der Waals surface area contributed by atoms with Gasteiger partial charge in [-0.25, -0.2) is 0 Å². The van der Waals surface area contributed by atoms with Gasteiger partial charge in [0, 0.05) is 0 Å². The maximum atomic E-state index is 12.6. The van der Waals surface area contributed by atoms with Gasteiger partial charge in [0.25, 0.3) is 0 Å². The van der Waals surface area contributed by atoms with Crippen molar-refractivity contribution >= 4 is 18.7 Å². The molecule has 0 aliphatic heterocycles. The molecule has 0 spiro atoms. The molecule has 1 atom stereocenters. The Kier molecular flexibility index (Phi) is 2.07. The summed E-state index contributed by atoms with van der Waals surface area (Å²) in [7, 11) is 0.167. The molecule has 0 nitrogen and oxygen atoms in total. The van der Waals surface area contributed by atoms with E-state index in [1.165, 1.54) is 0 Å². The lowest BCUT2D eigenvalue weighted by atomic mass is 10.1. The van der Waals surface area contributed by atoms with E-state index in [4.69, 9.17) is 0 Å². The number of hydrogen-bond donors (Lipinski definition) is 0. The van der Waals surface area contributed by atoms with Crippen molar-refractivity contribution in [1.82, 2.24) is 0 Å². The van der Waals surface area contributed by atoms with Crippen molar-refractivity contribution in [2.75, 3.05) is 0 Å². The van der Waals surface area contributed by atoms with Crippen LogP contribution in [0.4, 0.5) is 13.2 Å². The zero-order valence-electron chi connectivity index (χ0n) is 7.44. The van der Waals surface area contributed by atoms with Crippen LogP contribution in [0, 0.1) is 6.92 Å². The van der Waals surface area contributed by atoms with Crippen LogP contribution in [0.1, 0.15) is 10.9 Å². The van der Waals surface area contributed by atoms with Crippen molar-refractivity contribution in [3.63, 3.8) is 0 Å². The Morgan fingerprint density at radius 1 is 1.14 bits per heavy atom. The Hall–Kier alpha value is -0.950. The molecule has 1 aromatic carbocycles. The van der Waals surface area contributed by atoms with Crippen molar-refractivity contribution < 1.29 is 13.2 Å². The highest BCUT2D eigenvalue weighted by molar-refractivity contribution is 7.38. The minimum absolute atomic E-state index is 0.167. The first-order valence-corrected chi connectivity index (χ1v) is 5.14. The second-order valence-electron chi connectivity index (χ2n) is 3.17. The largest absolute Gasteiger partial charge is 0.417 e. The van der Waals surface area contributed by atoms with E-state index in [0.717, 1.165) is 5.12 Å². The molecule has 2 aromatic rings. The average Bonchev–Trinajstić information content (AvgIpc) is 2.38. The molecular formula is C10H8F3P. The number of fused-ring (bicyclic) bond motifs is 1. The summed E-state index contributed by atoms with van der Waals surface area (Å²) in [4.78, 5) is 0. The van der Waals surface area contributed by atoms with Gasteiger partial charge in [0.1, 0.15) is 0 Å². The van der Waals surface area contributed by atoms with Gasteiger partial charge in [-0.15, -0.1) is 8.19 Å². The van der Waals surface area contributed by atoms with Crippen LogP contribution in [0.15, 0.2) is 24.3 Å². The van der Waals surface area contributed by atoms with Crippen LogP contribution >= 0.6 is 8.19 Å². The Balaban J connectivity index is 2.81. The van der Waals surface area contributed by atoms with E-state index in [-0.39, 0.29) is 8.19 Å². The maximum absolute atomic E-state index is 12.6. The highest BCUT2D eigenvalue weighted by Gasteiger charge is 2.35. The molecule has 0 saturated carbocycles. The number of hydrogen-bond acceptors (Lipinski definition) is 0. The van der Waals surface area contributed by atoms with Gasteiger partial charge >= 0.3 is 6.18 Å². The lowest BCUT2D eigenvalue weighted by Crippen LogP contribution is -2.05. The molecule has 0 aliphatic carbocycles. The molecule has 0 radical (unpaired) electrons. The molecular weight excluding hydrogens is 208 g/mol. The summed E-state index contributed by atoms with van der Waals surface area (Å²) in [5.74, 6) is 0. The van der Waals surface area contributed by atoms with Crippen LogP contribution in [0.3, 0.4) is 0 Å². The molecule has 0 bridgehead atoms. The topological polar surface area (TPSA) is 0 Å². The summed E-state index contributed by atoms with van der Waals surface area (Å²) in [5, 5.41) is 1.60. The van der Waals surface area contributed by atoms with Gasteiger partial charge in [-0.2, -0.15) is 13.2 Å². The average molecular weight is 216 g/mol. The number of benzene rings is 1. The van der Waals surface area contributed by atoms with Gasteiger partial charge in [0.2, 0.25) is 0 Å². The first-order valence-electron chi connectivity index (χ1n) is 4.14. The van der Waals surface area contributed by atoms with Gasteiger partial charge in [-0.3, -0.25) is 0 Å². The lowest BCUT2D eigenvalue weighted by molar-refractivity contribution is -0.136. The van der Waals surface area contributed by atoms with E-state index in [2.05, 4.69) is 0 Å². The normalized spacial score (nSPS) is 12.9. The van der Waals surface area contributed by atoms with Crippen LogP contribution in [-0.2, 0) is 6.18 Å². The van der Waals surface area contributed by atoms with Crippen LogP contribution in [0.2, 0.25) is 0 Å². The number of rotatable bonds is 0. The second-order valence-corrected chi connectivity index (χ2v) is 4.71. The predicted octanol–water partition coefficient (Wildman–Crippen LogP) is 4.20. The summed E-state index contributed by atoms with van der Waals surface area (Å²) in [5.41, 5.74) is -0.438. The quantitative estimate of drug-likeness (QED) is 0.619. The van der Waals surface area contributed by atoms with Crippen molar-refractivity contribution in [3.8, 4) is 0 Å². The fraction of sp³-hybridized carbons (Fsp3) is 0.200. The molecule has 1 heterocycles. The predicted molar refractivity (Wildman–Crippen MR) is 53.2 cm³/mol. The third-order valence-electron chi connectivity index (χ3n) is 2.18. The fourth-order valence-electron chi connectivity index (χ4n) is 1.64. The zero-order chi connectivity index (χ0) is 10.3. The monoisotopic (exact) mass is 216 g/mol. The Morgan fingerprint density at radius 3 is 2.43 bits per heavy atom. The smallest absolute Gasteiger partial charge is 0.166 e. The van der Waals surface area contributed by atoms with E-state index < -0.39 is 11.7 Å². The Morgan fingerprint density at radius 2 is 1.79 bits per heavy atom. The number of aryl methyl sites for hydroxylation is 1. The van der Waals surface area contributed by atoms with Crippen molar-refractivity contribution in [2.45, 2.75) is 13.1 Å². The minimum atomic E-state index is -4.22. The second kappa shape index (κ2) is 3.03. The first-order chi connectivity index (χ1) is 6.50. The molecule has 0 amide bonds. The minimum Gasteiger partial charge on any atom is -0.166 e. The van der Waals surface area contributed by atoms with Crippen molar-refractivity contribution in [3.05, 3.63) is 35.1 Å². The lowest BCUT2D eigenvalue weighted by Gasteiger charge is -2.06. The highest BCUT2D eigenvalue weighted by Crippen LogP contribution is 2.43. The van der Waals surface area contributed by atoms with Crippen LogP contribution < -0.4 is 0 Å². The van der Waals surface area contributed by atoms with Crippen molar-refractivity contribution in [2.24, 2.45) is 0 Å². The Labute approximate surface area is 80.8 Å². The molecule has 0 N–H and O–H groups in total. The molecule has 4 heteroatoms. The molecule has 14 heavy (non-hydrogen) atoms. The highest BCUT2D eigenvalue weighted by atomic mass is 31.0. The molecule has 2 rings (SSSR count). The van der Waals surface area contributed by atoms with Gasteiger partial charge in [0.15, 0.2) is 0 Å². The summed E-state index contributed by atoms with van der Waals surface area (Å²) < 4.78 is 37.9. The summed E-state index contributed by atoms with van der Waals surface area (Å²) in [6.07, 6.45) is -4.22. The van der Waals surface area contributed by atoms with Gasteiger partial charge in [-0.05, 0) is 22.7 Å². The summed E-state index contributed by atoms with van der Waals surface area (Å²) in [6.45, 7) is 1.56. The fourth-order valence-corrected chi connectivity index (χ4v) is 2.97. The molecule has 0 fully saturated rings. The molecule has 0 aliphatic rings. The number of alkyl halides is 3. The van der Waals surface area contributed by atoms with Gasteiger partial charge < -0.3 is 0 Å². The van der Waals surface area contributed by atoms with Gasteiger partial charge in [-0.1, -0.05) is 24.3 Å². The third kappa shape index (κ3) is 1.42. The standard InChI is InChI=1S/C10H8F3P/c1-6-9(10(11,12)13)7-4-2-3-5-8(7)14-6/h2-5,14H,1H3. The zero-order valence-corrected chi connectivity index (χ0v) is 8.44. The van der Waals surface area contributed by atoms with Crippen LogP contribution in [-0.4, -0.2) is 0 Å². The molecule has 1 aromatic heterocycles. The van der Waals surface area contributed by atoms with E-state index in [9.17, 15) is 13.2 Å². The summed E-state index contributed by atoms with van der Waals surface area (Å²) in [6, 6.07) is 6.73. The molecule has 1 unspecified atom stereocenters. The third-order valence-corrected chi connectivity index (χ3v) is 3.51. The van der Waals surface area contributed by atoms with E-state index >= 15 is 0 Å². The summed E-state index contributed by atoms with van der Waals surface area (Å²) >= 11 is 0. The van der Waals surface area contributed by atoms with E-state index in [1.807, 2.05) is 0 Å². The van der Waals surface area contributed by atoms with Crippen molar-refractivity contribution in [1.29, 1.82) is 0 Å². The molecule has 74 valence electrons. The van der Waals surface area contributed by atoms with Crippen LogP contribution in [0.5, 0.6) is 0 Å². The van der Waals surface area contributed by atoms with E-state index in [1.54, 1.807) is 31.2 Å². The van der Waals surface area contributed by atoms with Gasteiger partial charge in [0.05, 0.1) is 5.56 Å². The maximum Gasteiger partial charge on any atom is 0.417 e. The van der Waals surface area contributed by atoms with E-state index in [0.29, 0.717) is 10.7 Å². The first kappa shape index (κ1) is 9.60. The number of halogens is 3.